The van der Waals surface area contributed by atoms with Gasteiger partial charge < -0.3 is 14.4 Å². The summed E-state index contributed by atoms with van der Waals surface area (Å²) >= 11 is 0. The van der Waals surface area contributed by atoms with Gasteiger partial charge in [-0.3, -0.25) is 0 Å². The van der Waals surface area contributed by atoms with Crippen LogP contribution >= 0.6 is 0 Å². The summed E-state index contributed by atoms with van der Waals surface area (Å²) in [4.78, 5) is 4.91. The molecule has 0 atom stereocenters. The molecule has 3 rings (SSSR count). The number of benzene rings is 1. The Labute approximate surface area is 119 Å². The highest BCUT2D eigenvalue weighted by atomic mass is 19.1. The van der Waals surface area contributed by atoms with Crippen LogP contribution in [0.1, 0.15) is 6.42 Å². The molecular weight excluding hydrogens is 253 g/mol. The van der Waals surface area contributed by atoms with E-state index in [1.54, 1.807) is 12.1 Å². The number of piperazine rings is 1. The van der Waals surface area contributed by atoms with E-state index in [9.17, 15) is 4.39 Å². The fourth-order valence-corrected chi connectivity index (χ4v) is 2.90. The maximum absolute atomic E-state index is 13.2. The number of hydrogen-bond acceptors (Lipinski definition) is 2. The van der Waals surface area contributed by atoms with Gasteiger partial charge in [0.1, 0.15) is 5.82 Å². The van der Waals surface area contributed by atoms with Gasteiger partial charge in [-0.05, 0) is 44.3 Å². The molecule has 1 aromatic heterocycles. The maximum atomic E-state index is 13.2. The van der Waals surface area contributed by atoms with Crippen molar-refractivity contribution in [2.24, 2.45) is 0 Å². The largest absolute Gasteiger partial charge is 0.347 e. The van der Waals surface area contributed by atoms with Crippen LogP contribution in [-0.4, -0.2) is 54.1 Å². The van der Waals surface area contributed by atoms with E-state index in [2.05, 4.69) is 27.6 Å². The van der Waals surface area contributed by atoms with Crippen LogP contribution in [0.15, 0.2) is 30.5 Å². The molecule has 0 aliphatic carbocycles. The Kier molecular flexibility index (Phi) is 4.03. The highest BCUT2D eigenvalue weighted by molar-refractivity contribution is 5.80. The van der Waals surface area contributed by atoms with E-state index in [1.165, 1.54) is 26.2 Å². The van der Waals surface area contributed by atoms with E-state index in [0.717, 1.165) is 30.4 Å². The Morgan fingerprint density at radius 2 is 1.85 bits per heavy atom. The van der Waals surface area contributed by atoms with E-state index < -0.39 is 0 Å². The van der Waals surface area contributed by atoms with Gasteiger partial charge in [0.15, 0.2) is 0 Å². The quantitative estimate of drug-likeness (QED) is 0.849. The predicted molar refractivity (Wildman–Crippen MR) is 80.5 cm³/mol. The summed E-state index contributed by atoms with van der Waals surface area (Å²) in [5, 5.41) is 0.990. The smallest absolute Gasteiger partial charge is 0.123 e. The van der Waals surface area contributed by atoms with Gasteiger partial charge in [-0.25, -0.2) is 4.39 Å². The first-order chi connectivity index (χ1) is 9.72. The molecule has 1 fully saturated rings. The second kappa shape index (κ2) is 5.94. The number of halogens is 1. The molecule has 1 saturated heterocycles. The normalized spacial score (nSPS) is 17.9. The van der Waals surface area contributed by atoms with E-state index in [0.29, 0.717) is 0 Å². The Balaban J connectivity index is 1.55. The monoisotopic (exact) mass is 275 g/mol. The van der Waals surface area contributed by atoms with Gasteiger partial charge in [-0.1, -0.05) is 0 Å². The number of aromatic nitrogens is 1. The standard InChI is InChI=1S/C16H22FN3/c1-18-9-11-19(12-10-18)6-2-7-20-8-5-14-13-15(17)3-4-16(14)20/h3-5,8,13H,2,6-7,9-12H2,1H3. The molecule has 20 heavy (non-hydrogen) atoms. The van der Waals surface area contributed by atoms with Crippen LogP contribution in [0, 0.1) is 5.82 Å². The molecule has 0 unspecified atom stereocenters. The van der Waals surface area contributed by atoms with Gasteiger partial charge >= 0.3 is 0 Å². The highest BCUT2D eigenvalue weighted by Gasteiger charge is 2.13. The Bertz CT molecular complexity index is 570. The average Bonchev–Trinajstić information content (AvgIpc) is 2.83. The van der Waals surface area contributed by atoms with Crippen LogP contribution in [-0.2, 0) is 6.54 Å². The lowest BCUT2D eigenvalue weighted by Crippen LogP contribution is -2.44. The van der Waals surface area contributed by atoms with E-state index in [1.807, 2.05) is 12.1 Å². The van der Waals surface area contributed by atoms with Crippen molar-refractivity contribution in [3.63, 3.8) is 0 Å². The van der Waals surface area contributed by atoms with Crippen LogP contribution in [0.25, 0.3) is 10.9 Å². The zero-order chi connectivity index (χ0) is 13.9. The third kappa shape index (κ3) is 3.02. The van der Waals surface area contributed by atoms with Gasteiger partial charge in [0.2, 0.25) is 0 Å². The lowest BCUT2D eigenvalue weighted by atomic mass is 10.2. The minimum atomic E-state index is -0.160. The SMILES string of the molecule is CN1CCN(CCCn2ccc3cc(F)ccc32)CC1. The summed E-state index contributed by atoms with van der Waals surface area (Å²) in [7, 11) is 2.18. The summed E-state index contributed by atoms with van der Waals surface area (Å²) in [5.41, 5.74) is 1.13. The summed E-state index contributed by atoms with van der Waals surface area (Å²) in [6.07, 6.45) is 3.21. The molecule has 1 aliphatic rings. The predicted octanol–water partition coefficient (Wildman–Crippen LogP) is 2.42. The molecule has 2 heterocycles. The number of nitrogens with zero attached hydrogens (tertiary/aromatic N) is 3. The first-order valence-corrected chi connectivity index (χ1v) is 7.38. The Morgan fingerprint density at radius 3 is 2.65 bits per heavy atom. The van der Waals surface area contributed by atoms with Crippen LogP contribution < -0.4 is 0 Å². The Hall–Kier alpha value is -1.39. The number of aryl methyl sites for hydroxylation is 1. The summed E-state index contributed by atoms with van der Waals surface area (Å²) in [5.74, 6) is -0.160. The van der Waals surface area contributed by atoms with Crippen molar-refractivity contribution in [1.82, 2.24) is 14.4 Å². The molecule has 0 N–H and O–H groups in total. The Morgan fingerprint density at radius 1 is 1.05 bits per heavy atom. The first kappa shape index (κ1) is 13.6. The van der Waals surface area contributed by atoms with Crippen molar-refractivity contribution in [3.05, 3.63) is 36.3 Å². The maximum Gasteiger partial charge on any atom is 0.123 e. The van der Waals surface area contributed by atoms with Crippen molar-refractivity contribution < 1.29 is 4.39 Å². The van der Waals surface area contributed by atoms with Crippen molar-refractivity contribution in [1.29, 1.82) is 0 Å². The van der Waals surface area contributed by atoms with E-state index in [-0.39, 0.29) is 5.82 Å². The van der Waals surface area contributed by atoms with Crippen molar-refractivity contribution in [2.75, 3.05) is 39.8 Å². The average molecular weight is 275 g/mol. The number of fused-ring (bicyclic) bond motifs is 1. The number of rotatable bonds is 4. The van der Waals surface area contributed by atoms with Gasteiger partial charge in [-0.15, -0.1) is 0 Å². The molecule has 0 spiro atoms. The van der Waals surface area contributed by atoms with Crippen molar-refractivity contribution in [3.8, 4) is 0 Å². The summed E-state index contributed by atoms with van der Waals surface area (Å²) < 4.78 is 15.4. The molecule has 1 aromatic carbocycles. The van der Waals surface area contributed by atoms with Gasteiger partial charge in [0, 0.05) is 49.8 Å². The summed E-state index contributed by atoms with van der Waals surface area (Å²) in [6.45, 7) is 6.84. The molecule has 2 aromatic rings. The number of likely N-dealkylation sites (N-methyl/N-ethyl adjacent to an activating group) is 1. The third-order valence-corrected chi connectivity index (χ3v) is 4.20. The molecule has 4 heteroatoms. The fourth-order valence-electron chi connectivity index (χ4n) is 2.90. The minimum Gasteiger partial charge on any atom is -0.347 e. The van der Waals surface area contributed by atoms with Crippen LogP contribution in [0.3, 0.4) is 0 Å². The van der Waals surface area contributed by atoms with Crippen LogP contribution in [0.4, 0.5) is 4.39 Å². The molecule has 0 amide bonds. The zero-order valence-electron chi connectivity index (χ0n) is 12.1. The third-order valence-electron chi connectivity index (χ3n) is 4.20. The minimum absolute atomic E-state index is 0.160. The molecule has 0 saturated carbocycles. The fraction of sp³-hybridized carbons (Fsp3) is 0.500. The molecule has 3 nitrogen and oxygen atoms in total. The lowest BCUT2D eigenvalue weighted by Gasteiger charge is -2.32. The number of hydrogen-bond donors (Lipinski definition) is 0. The molecule has 0 radical (unpaired) electrons. The second-order valence-corrected chi connectivity index (χ2v) is 5.71. The summed E-state index contributed by atoms with van der Waals surface area (Å²) in [6, 6.07) is 7.01. The zero-order valence-corrected chi connectivity index (χ0v) is 12.1. The molecule has 0 bridgehead atoms. The van der Waals surface area contributed by atoms with E-state index >= 15 is 0 Å². The van der Waals surface area contributed by atoms with Crippen molar-refractivity contribution in [2.45, 2.75) is 13.0 Å². The highest BCUT2D eigenvalue weighted by Crippen LogP contribution is 2.17. The van der Waals surface area contributed by atoms with Crippen molar-refractivity contribution >= 4 is 10.9 Å². The van der Waals surface area contributed by atoms with Crippen LogP contribution in [0.2, 0.25) is 0 Å². The lowest BCUT2D eigenvalue weighted by molar-refractivity contribution is 0.151. The topological polar surface area (TPSA) is 11.4 Å². The van der Waals surface area contributed by atoms with Crippen LogP contribution in [0.5, 0.6) is 0 Å². The van der Waals surface area contributed by atoms with Gasteiger partial charge in [-0.2, -0.15) is 0 Å². The molecular formula is C16H22FN3. The van der Waals surface area contributed by atoms with Gasteiger partial charge in [0.25, 0.3) is 0 Å². The molecule has 108 valence electrons. The van der Waals surface area contributed by atoms with Gasteiger partial charge in [0.05, 0.1) is 0 Å². The second-order valence-electron chi connectivity index (χ2n) is 5.71. The molecule has 1 aliphatic heterocycles. The van der Waals surface area contributed by atoms with E-state index in [4.69, 9.17) is 0 Å². The first-order valence-electron chi connectivity index (χ1n) is 7.38.